The first-order valence-electron chi connectivity index (χ1n) is 13.4. The summed E-state index contributed by atoms with van der Waals surface area (Å²) in [7, 11) is 0. The van der Waals surface area contributed by atoms with E-state index in [9.17, 15) is 14.7 Å². The van der Waals surface area contributed by atoms with Crippen LogP contribution in [0.2, 0.25) is 0 Å². The Morgan fingerprint density at radius 2 is 1.88 bits per heavy atom. The molecule has 41 heavy (non-hydrogen) atoms. The van der Waals surface area contributed by atoms with Crippen LogP contribution in [-0.4, -0.2) is 16.8 Å². The predicted octanol–water partition coefficient (Wildman–Crippen LogP) is 7.16. The Balaban J connectivity index is 1.51. The molecule has 0 bridgehead atoms. The first-order chi connectivity index (χ1) is 19.7. The average molecular weight is 553 g/mol. The van der Waals surface area contributed by atoms with Crippen LogP contribution in [0, 0.1) is 11.2 Å². The number of anilines is 2. The number of allylic oxidation sites excluding steroid dienone is 1. The number of carbonyl (C=O) groups is 2. The molecule has 7 nitrogen and oxygen atoms in total. The second-order valence-electron chi connectivity index (χ2n) is 11.1. The summed E-state index contributed by atoms with van der Waals surface area (Å²) < 4.78 is 27.4. The lowest BCUT2D eigenvalue weighted by atomic mass is 9.73. The van der Waals surface area contributed by atoms with E-state index in [1.54, 1.807) is 30.3 Å². The number of phenols is 1. The highest BCUT2D eigenvalue weighted by Crippen LogP contribution is 2.51. The first-order valence-corrected chi connectivity index (χ1v) is 13.4. The molecule has 1 atom stereocenters. The highest BCUT2D eigenvalue weighted by atomic mass is 19.1. The maximum absolute atomic E-state index is 16.1. The molecule has 2 aliphatic rings. The van der Waals surface area contributed by atoms with Crippen molar-refractivity contribution in [2.45, 2.75) is 39.3 Å². The fourth-order valence-corrected chi connectivity index (χ4v) is 5.64. The molecule has 8 heteroatoms. The Hall–Kier alpha value is -4.85. The minimum absolute atomic E-state index is 0.0140. The smallest absolute Gasteiger partial charge is 0.294 e. The van der Waals surface area contributed by atoms with E-state index in [4.69, 9.17) is 9.15 Å². The van der Waals surface area contributed by atoms with E-state index in [-0.39, 0.29) is 52.6 Å². The largest absolute Gasteiger partial charge is 0.506 e. The maximum atomic E-state index is 16.1. The highest BCUT2D eigenvalue weighted by Gasteiger charge is 2.45. The van der Waals surface area contributed by atoms with E-state index in [0.717, 1.165) is 5.56 Å². The molecule has 1 unspecified atom stereocenters. The predicted molar refractivity (Wildman–Crippen MR) is 152 cm³/mol. The Morgan fingerprint density at radius 3 is 2.61 bits per heavy atom. The third-order valence-electron chi connectivity index (χ3n) is 7.47. The SMILES string of the molecule is CC1(C)CC(=O)C2=C(C1)Nc1c(O)cccc1N(C(=O)c1ccco1)C2c1ccc(OCc2ccccc2)cc1F. The van der Waals surface area contributed by atoms with Gasteiger partial charge in [-0.1, -0.05) is 50.2 Å². The van der Waals surface area contributed by atoms with Gasteiger partial charge in [0.1, 0.15) is 29.6 Å². The van der Waals surface area contributed by atoms with E-state index >= 15 is 4.39 Å². The lowest BCUT2D eigenvalue weighted by Crippen LogP contribution is -2.39. The van der Waals surface area contributed by atoms with Crippen LogP contribution >= 0.6 is 0 Å². The number of para-hydroxylation sites is 1. The van der Waals surface area contributed by atoms with Crippen molar-refractivity contribution in [1.29, 1.82) is 0 Å². The third kappa shape index (κ3) is 4.97. The molecule has 0 spiro atoms. The number of halogens is 1. The van der Waals surface area contributed by atoms with Gasteiger partial charge in [-0.2, -0.15) is 0 Å². The van der Waals surface area contributed by atoms with Crippen LogP contribution in [0.15, 0.2) is 101 Å². The van der Waals surface area contributed by atoms with Gasteiger partial charge in [0.05, 0.1) is 18.0 Å². The number of Topliss-reactive ketones (excluding diaryl/α,β-unsaturated/α-hetero) is 1. The summed E-state index contributed by atoms with van der Waals surface area (Å²) in [5.41, 5.74) is 2.04. The summed E-state index contributed by atoms with van der Waals surface area (Å²) in [5, 5.41) is 14.1. The van der Waals surface area contributed by atoms with Crippen molar-refractivity contribution in [3.63, 3.8) is 0 Å². The number of ketones is 1. The van der Waals surface area contributed by atoms with Crippen LogP contribution in [0.5, 0.6) is 11.5 Å². The van der Waals surface area contributed by atoms with Gasteiger partial charge in [0, 0.05) is 29.3 Å². The molecule has 1 aliphatic carbocycles. The molecule has 1 aliphatic heterocycles. The number of aromatic hydroxyl groups is 1. The van der Waals surface area contributed by atoms with Crippen LogP contribution in [0.4, 0.5) is 15.8 Å². The minimum atomic E-state index is -1.13. The first kappa shape index (κ1) is 26.4. The van der Waals surface area contributed by atoms with Gasteiger partial charge in [0.2, 0.25) is 0 Å². The van der Waals surface area contributed by atoms with Crippen molar-refractivity contribution in [3.05, 3.63) is 119 Å². The average Bonchev–Trinajstić information content (AvgIpc) is 3.43. The lowest BCUT2D eigenvalue weighted by Gasteiger charge is -2.37. The zero-order valence-corrected chi connectivity index (χ0v) is 22.7. The fraction of sp³-hybridized carbons (Fsp3) is 0.212. The van der Waals surface area contributed by atoms with Crippen molar-refractivity contribution in [2.24, 2.45) is 5.41 Å². The van der Waals surface area contributed by atoms with Crippen molar-refractivity contribution < 1.29 is 28.2 Å². The molecule has 0 saturated carbocycles. The fourth-order valence-electron chi connectivity index (χ4n) is 5.64. The number of benzene rings is 3. The van der Waals surface area contributed by atoms with Crippen molar-refractivity contribution in [1.82, 2.24) is 0 Å². The standard InChI is InChI=1S/C33H29FN2O5/c1-33(2)17-24-29(27(38)18-33)31(22-14-13-21(16-23(22)34)41-19-20-8-4-3-5-9-20)36(32(39)28-12-7-15-40-28)25-10-6-11-26(37)30(25)35-24/h3-16,31,35,37H,17-19H2,1-2H3. The van der Waals surface area contributed by atoms with E-state index in [2.05, 4.69) is 5.32 Å². The molecular weight excluding hydrogens is 523 g/mol. The summed E-state index contributed by atoms with van der Waals surface area (Å²) in [6, 6.07) is 20.7. The molecule has 6 rings (SSSR count). The van der Waals surface area contributed by atoms with Crippen LogP contribution in [0.1, 0.15) is 54.4 Å². The quantitative estimate of drug-likeness (QED) is 0.255. The minimum Gasteiger partial charge on any atom is -0.506 e. The number of rotatable bonds is 5. The maximum Gasteiger partial charge on any atom is 0.294 e. The summed E-state index contributed by atoms with van der Waals surface area (Å²) >= 11 is 0. The van der Waals surface area contributed by atoms with Gasteiger partial charge in [0.25, 0.3) is 5.91 Å². The molecule has 1 amide bonds. The van der Waals surface area contributed by atoms with Crippen LogP contribution in [0.3, 0.4) is 0 Å². The van der Waals surface area contributed by atoms with E-state index < -0.39 is 17.8 Å². The summed E-state index contributed by atoms with van der Waals surface area (Å²) in [4.78, 5) is 29.2. The lowest BCUT2D eigenvalue weighted by molar-refractivity contribution is -0.118. The van der Waals surface area contributed by atoms with E-state index in [1.165, 1.54) is 29.4 Å². The van der Waals surface area contributed by atoms with Crippen molar-refractivity contribution >= 4 is 23.1 Å². The number of nitrogens with zero attached hydrogens (tertiary/aromatic N) is 1. The molecule has 208 valence electrons. The third-order valence-corrected chi connectivity index (χ3v) is 7.47. The summed E-state index contributed by atoms with van der Waals surface area (Å²) in [5.74, 6) is -1.20. The summed E-state index contributed by atoms with van der Waals surface area (Å²) in [6.45, 7) is 4.21. The molecule has 2 heterocycles. The van der Waals surface area contributed by atoms with Crippen LogP contribution in [0.25, 0.3) is 0 Å². The normalized spacial score (nSPS) is 17.8. The van der Waals surface area contributed by atoms with Crippen molar-refractivity contribution in [2.75, 3.05) is 10.2 Å². The van der Waals surface area contributed by atoms with E-state index in [0.29, 0.717) is 23.6 Å². The molecule has 0 fully saturated rings. The number of phenolic OH excluding ortho intramolecular Hbond substituents is 1. The van der Waals surface area contributed by atoms with Gasteiger partial charge in [-0.25, -0.2) is 4.39 Å². The second-order valence-corrected chi connectivity index (χ2v) is 11.1. The van der Waals surface area contributed by atoms with Gasteiger partial charge in [-0.05, 0) is 53.8 Å². The Labute approximate surface area is 236 Å². The molecule has 3 aromatic carbocycles. The zero-order valence-electron chi connectivity index (χ0n) is 22.7. The number of furan rings is 1. The number of nitrogens with one attached hydrogen (secondary N) is 1. The molecule has 0 saturated heterocycles. The Morgan fingerprint density at radius 1 is 1.07 bits per heavy atom. The number of hydrogen-bond acceptors (Lipinski definition) is 6. The molecule has 4 aromatic rings. The van der Waals surface area contributed by atoms with Gasteiger partial charge in [-0.15, -0.1) is 0 Å². The number of hydrogen-bond donors (Lipinski definition) is 2. The summed E-state index contributed by atoms with van der Waals surface area (Å²) in [6.07, 6.45) is 2.05. The number of fused-ring (bicyclic) bond motifs is 1. The van der Waals surface area contributed by atoms with Crippen LogP contribution < -0.4 is 15.0 Å². The van der Waals surface area contributed by atoms with Crippen molar-refractivity contribution in [3.8, 4) is 11.5 Å². The zero-order chi connectivity index (χ0) is 28.7. The Kier molecular flexibility index (Phi) is 6.61. The van der Waals surface area contributed by atoms with Crippen LogP contribution in [-0.2, 0) is 11.4 Å². The molecule has 1 aromatic heterocycles. The van der Waals surface area contributed by atoms with E-state index in [1.807, 2.05) is 44.2 Å². The molecule has 0 radical (unpaired) electrons. The van der Waals surface area contributed by atoms with Gasteiger partial charge in [-0.3, -0.25) is 14.5 Å². The van der Waals surface area contributed by atoms with Gasteiger partial charge >= 0.3 is 0 Å². The molecular formula is C33H29FN2O5. The highest BCUT2D eigenvalue weighted by molar-refractivity contribution is 6.11. The number of amides is 1. The number of ether oxygens (including phenoxy) is 1. The Bertz CT molecular complexity index is 1660. The topological polar surface area (TPSA) is 92.0 Å². The monoisotopic (exact) mass is 552 g/mol. The molecule has 2 N–H and O–H groups in total. The second kappa shape index (κ2) is 10.3. The number of carbonyl (C=O) groups excluding carboxylic acids is 2. The van der Waals surface area contributed by atoms with Gasteiger partial charge in [0.15, 0.2) is 11.5 Å². The van der Waals surface area contributed by atoms with Gasteiger partial charge < -0.3 is 19.6 Å².